The Kier molecular flexibility index (Phi) is 10.7. The summed E-state index contributed by atoms with van der Waals surface area (Å²) in [6, 6.07) is 9.34. The number of carbonyl (C=O) groups is 1. The molecule has 0 radical (unpaired) electrons. The van der Waals surface area contributed by atoms with Crippen molar-refractivity contribution in [3.05, 3.63) is 45.8 Å². The molecular weight excluding hydrogens is 583 g/mol. The van der Waals surface area contributed by atoms with E-state index >= 15 is 0 Å². The maximum absolute atomic E-state index is 13.2. The standard InChI is InChI=1S/C23H27BrF3N3O4S2/c1-4-30(5-2)11-12-34-19(31)14-29-21(20(24)22(28)23(25,26)27)18-10-9-17(35-18)15-7-6-8-16(13-15)36(3,32)33/h6-10,13,28-29H,4-5,11-12,14H2,1-3H3/b21-20+,28-22?. The molecule has 2 N–H and O–H groups in total. The Morgan fingerprint density at radius 3 is 2.44 bits per heavy atom. The van der Waals surface area contributed by atoms with E-state index in [1.165, 1.54) is 18.2 Å². The smallest absolute Gasteiger partial charge is 0.433 e. The summed E-state index contributed by atoms with van der Waals surface area (Å²) in [6.45, 7) is 5.79. The lowest BCUT2D eigenvalue weighted by atomic mass is 10.2. The van der Waals surface area contributed by atoms with Crippen LogP contribution in [-0.4, -0.2) is 70.2 Å². The highest BCUT2D eigenvalue weighted by atomic mass is 79.9. The second-order valence-corrected chi connectivity index (χ2v) is 11.5. The topological polar surface area (TPSA) is 99.6 Å². The predicted molar refractivity (Wildman–Crippen MR) is 139 cm³/mol. The first-order chi connectivity index (χ1) is 16.8. The van der Waals surface area contributed by atoms with Crippen LogP contribution in [0.4, 0.5) is 13.2 Å². The molecule has 1 aromatic heterocycles. The van der Waals surface area contributed by atoms with Crippen LogP contribution in [-0.2, 0) is 19.4 Å². The fourth-order valence-corrected chi connectivity index (χ4v) is 5.48. The van der Waals surface area contributed by atoms with E-state index in [-0.39, 0.29) is 17.2 Å². The van der Waals surface area contributed by atoms with E-state index in [4.69, 9.17) is 10.1 Å². The van der Waals surface area contributed by atoms with Gasteiger partial charge >= 0.3 is 12.1 Å². The third-order valence-electron chi connectivity index (χ3n) is 5.10. The molecule has 1 aromatic carbocycles. The van der Waals surface area contributed by atoms with E-state index in [2.05, 4.69) is 26.1 Å². The van der Waals surface area contributed by atoms with Gasteiger partial charge in [-0.2, -0.15) is 13.2 Å². The highest BCUT2D eigenvalue weighted by Crippen LogP contribution is 2.36. The molecule has 0 bridgehead atoms. The van der Waals surface area contributed by atoms with Crippen LogP contribution >= 0.6 is 27.3 Å². The van der Waals surface area contributed by atoms with Crippen LogP contribution in [0.15, 0.2) is 45.8 Å². The van der Waals surface area contributed by atoms with Gasteiger partial charge in [-0.05, 0) is 58.8 Å². The Morgan fingerprint density at radius 2 is 1.86 bits per heavy atom. The summed E-state index contributed by atoms with van der Waals surface area (Å²) >= 11 is 3.95. The second-order valence-electron chi connectivity index (χ2n) is 7.63. The zero-order valence-corrected chi connectivity index (χ0v) is 23.1. The minimum Gasteiger partial charge on any atom is -0.463 e. The summed E-state index contributed by atoms with van der Waals surface area (Å²) < 4.78 is 68.1. The SMILES string of the molecule is CCN(CC)CCOC(=O)CN/C(=C(/Br)C(=N)C(F)(F)F)c1ccc(-c2cccc(S(C)(=O)=O)c2)s1. The lowest BCUT2D eigenvalue weighted by Gasteiger charge is -2.18. The number of nitrogens with one attached hydrogen (secondary N) is 2. The summed E-state index contributed by atoms with van der Waals surface area (Å²) in [5, 5.41) is 10.2. The Hall–Kier alpha value is -2.22. The molecule has 0 aliphatic rings. The summed E-state index contributed by atoms with van der Waals surface area (Å²) in [5.74, 6) is -0.656. The van der Waals surface area contributed by atoms with Gasteiger partial charge in [-0.1, -0.05) is 26.0 Å². The number of nitrogens with zero attached hydrogens (tertiary/aromatic N) is 1. The Bertz CT molecular complexity index is 1220. The molecule has 0 spiro atoms. The number of allylic oxidation sites excluding steroid dienone is 1. The van der Waals surface area contributed by atoms with E-state index in [1.54, 1.807) is 18.2 Å². The van der Waals surface area contributed by atoms with E-state index in [1.807, 2.05) is 13.8 Å². The first-order valence-corrected chi connectivity index (χ1v) is 14.4. The van der Waals surface area contributed by atoms with Crippen LogP contribution in [0.5, 0.6) is 0 Å². The quantitative estimate of drug-likeness (QED) is 0.261. The number of likely N-dealkylation sites (N-methyl/N-ethyl adjacent to an activating group) is 1. The maximum Gasteiger partial charge on any atom is 0.433 e. The lowest BCUT2D eigenvalue weighted by Crippen LogP contribution is -2.31. The number of halogens is 4. The minimum atomic E-state index is -4.92. The highest BCUT2D eigenvalue weighted by molar-refractivity contribution is 9.12. The fourth-order valence-electron chi connectivity index (χ4n) is 3.07. The summed E-state index contributed by atoms with van der Waals surface area (Å²) in [7, 11) is -3.45. The molecule has 2 rings (SSSR count). The number of carbonyl (C=O) groups excluding carboxylic acids is 1. The number of rotatable bonds is 12. The normalized spacial score (nSPS) is 12.9. The number of thiophene rings is 1. The molecule has 13 heteroatoms. The summed E-state index contributed by atoms with van der Waals surface area (Å²) in [4.78, 5) is 15.3. The van der Waals surface area contributed by atoms with Crippen LogP contribution in [0.2, 0.25) is 0 Å². The van der Waals surface area contributed by atoms with Gasteiger partial charge in [0.15, 0.2) is 15.5 Å². The number of esters is 1. The van der Waals surface area contributed by atoms with Gasteiger partial charge in [-0.15, -0.1) is 11.3 Å². The number of benzene rings is 1. The van der Waals surface area contributed by atoms with Crippen molar-refractivity contribution in [1.29, 1.82) is 5.41 Å². The van der Waals surface area contributed by atoms with Gasteiger partial charge in [0.2, 0.25) is 0 Å². The molecule has 0 fully saturated rings. The molecule has 0 aliphatic heterocycles. The molecule has 198 valence electrons. The molecule has 1 heterocycles. The molecular formula is C23H27BrF3N3O4S2. The van der Waals surface area contributed by atoms with Crippen molar-refractivity contribution in [2.75, 3.05) is 39.0 Å². The van der Waals surface area contributed by atoms with Crippen molar-refractivity contribution < 1.29 is 31.1 Å². The summed E-state index contributed by atoms with van der Waals surface area (Å²) in [6.07, 6.45) is -3.84. The minimum absolute atomic E-state index is 0.103. The van der Waals surface area contributed by atoms with Crippen LogP contribution < -0.4 is 5.32 Å². The number of sulfone groups is 1. The molecule has 0 unspecified atom stereocenters. The number of ether oxygens (including phenoxy) is 1. The first kappa shape index (κ1) is 30.0. The highest BCUT2D eigenvalue weighted by Gasteiger charge is 2.37. The van der Waals surface area contributed by atoms with Gasteiger partial charge in [-0.3, -0.25) is 10.2 Å². The van der Waals surface area contributed by atoms with Gasteiger partial charge in [0.1, 0.15) is 13.2 Å². The molecule has 0 amide bonds. The molecule has 2 aromatic rings. The molecule has 36 heavy (non-hydrogen) atoms. The number of hydrogen-bond acceptors (Lipinski definition) is 8. The zero-order chi connectivity index (χ0) is 27.1. The van der Waals surface area contributed by atoms with Gasteiger partial charge in [0, 0.05) is 17.7 Å². The van der Waals surface area contributed by atoms with Crippen molar-refractivity contribution in [3.8, 4) is 10.4 Å². The Morgan fingerprint density at radius 1 is 1.19 bits per heavy atom. The Labute approximate surface area is 220 Å². The fraction of sp³-hybridized carbons (Fsp3) is 0.391. The van der Waals surface area contributed by atoms with Crippen molar-refractivity contribution in [1.82, 2.24) is 10.2 Å². The average molecular weight is 611 g/mol. The first-order valence-electron chi connectivity index (χ1n) is 10.9. The largest absolute Gasteiger partial charge is 0.463 e. The maximum atomic E-state index is 13.2. The van der Waals surface area contributed by atoms with Gasteiger partial charge in [0.25, 0.3) is 0 Å². The van der Waals surface area contributed by atoms with E-state index < -0.39 is 38.7 Å². The van der Waals surface area contributed by atoms with Crippen LogP contribution in [0.1, 0.15) is 18.7 Å². The summed E-state index contributed by atoms with van der Waals surface area (Å²) in [5.41, 5.74) is -1.16. The van der Waals surface area contributed by atoms with Crippen molar-refractivity contribution >= 4 is 54.5 Å². The molecule has 0 saturated heterocycles. The third kappa shape index (κ3) is 8.43. The van der Waals surface area contributed by atoms with Crippen LogP contribution in [0, 0.1) is 5.41 Å². The zero-order valence-electron chi connectivity index (χ0n) is 19.9. The second kappa shape index (κ2) is 12.8. The van der Waals surface area contributed by atoms with E-state index in [0.29, 0.717) is 21.9 Å². The van der Waals surface area contributed by atoms with Crippen molar-refractivity contribution in [2.24, 2.45) is 0 Å². The monoisotopic (exact) mass is 609 g/mol. The van der Waals surface area contributed by atoms with Crippen LogP contribution in [0.25, 0.3) is 16.1 Å². The van der Waals surface area contributed by atoms with Crippen LogP contribution in [0.3, 0.4) is 0 Å². The number of alkyl halides is 3. The molecule has 0 atom stereocenters. The molecule has 0 saturated carbocycles. The Balaban J connectivity index is 2.30. The average Bonchev–Trinajstić information content (AvgIpc) is 3.30. The number of hydrogen-bond donors (Lipinski definition) is 2. The van der Waals surface area contributed by atoms with Crippen molar-refractivity contribution in [2.45, 2.75) is 24.9 Å². The lowest BCUT2D eigenvalue weighted by molar-refractivity contribution is -0.142. The molecule has 0 aliphatic carbocycles. The molecule has 7 nitrogen and oxygen atoms in total. The van der Waals surface area contributed by atoms with E-state index in [0.717, 1.165) is 30.7 Å². The van der Waals surface area contributed by atoms with Crippen molar-refractivity contribution in [3.63, 3.8) is 0 Å². The van der Waals surface area contributed by atoms with Gasteiger partial charge < -0.3 is 15.0 Å². The van der Waals surface area contributed by atoms with Gasteiger partial charge in [0.05, 0.1) is 20.0 Å². The van der Waals surface area contributed by atoms with Gasteiger partial charge in [-0.25, -0.2) is 8.42 Å². The third-order valence-corrected chi connectivity index (χ3v) is 8.15. The van der Waals surface area contributed by atoms with E-state index in [9.17, 15) is 26.4 Å². The predicted octanol–water partition coefficient (Wildman–Crippen LogP) is 4.94.